The number of hydrogen-bond donors (Lipinski definition) is 0. The summed E-state index contributed by atoms with van der Waals surface area (Å²) in [5.41, 5.74) is 1.01. The van der Waals surface area contributed by atoms with Gasteiger partial charge in [0.05, 0.1) is 11.1 Å². The minimum atomic E-state index is -0.109. The van der Waals surface area contributed by atoms with Gasteiger partial charge < -0.3 is 9.62 Å². The summed E-state index contributed by atoms with van der Waals surface area (Å²) in [6.07, 6.45) is 3.14. The summed E-state index contributed by atoms with van der Waals surface area (Å²) in [5, 5.41) is 0. The number of hydrogen-bond acceptors (Lipinski definition) is 2. The molecule has 2 aliphatic rings. The summed E-state index contributed by atoms with van der Waals surface area (Å²) in [6, 6.07) is 0. The highest BCUT2D eigenvalue weighted by Crippen LogP contribution is 2.27. The number of amides is 2. The molecule has 0 atom stereocenters. The maximum absolute atomic E-state index is 11.3. The van der Waals surface area contributed by atoms with Crippen molar-refractivity contribution in [3.63, 3.8) is 0 Å². The number of carbonyl (C=O) groups is 2. The van der Waals surface area contributed by atoms with Gasteiger partial charge in [-0.25, -0.2) is 0 Å². The van der Waals surface area contributed by atoms with E-state index in [1.54, 1.807) is 28.4 Å². The summed E-state index contributed by atoms with van der Waals surface area (Å²) < 4.78 is 0. The van der Waals surface area contributed by atoms with Gasteiger partial charge in [-0.1, -0.05) is 0 Å². The van der Waals surface area contributed by atoms with Crippen LogP contribution < -0.4 is 0 Å². The number of carbonyl (C=O) groups excluding carboxylic acids is 2. The summed E-state index contributed by atoms with van der Waals surface area (Å²) in [4.78, 5) is 25.5. The molecule has 0 aromatic heterocycles. The lowest BCUT2D eigenvalue weighted by molar-refractivity contribution is -0.121. The third-order valence-electron chi connectivity index (χ3n) is 2.04. The molecule has 58 valence electrons. The first-order chi connectivity index (χ1) is 5.61. The highest BCUT2D eigenvalue weighted by molar-refractivity contribution is 6.31. The van der Waals surface area contributed by atoms with E-state index >= 15 is 0 Å². The Morgan fingerprint density at radius 2 is 1.25 bits per heavy atom. The minimum absolute atomic E-state index is 0.109. The molecule has 6 heteroatoms. The average molecular weight is 160 g/mol. The van der Waals surface area contributed by atoms with Gasteiger partial charge in [0.1, 0.15) is 0 Å². The van der Waals surface area contributed by atoms with E-state index in [2.05, 4.69) is 0 Å². The van der Waals surface area contributed by atoms with E-state index in [4.69, 9.17) is 0 Å². The molecule has 2 heterocycles. The second kappa shape index (κ2) is 2.03. The Morgan fingerprint density at radius 3 is 1.58 bits per heavy atom. The predicted octanol–water partition coefficient (Wildman–Crippen LogP) is -2.47. The van der Waals surface area contributed by atoms with E-state index in [-0.39, 0.29) is 11.8 Å². The first kappa shape index (κ1) is 7.21. The Balaban J connectivity index is 2.49. The maximum Gasteiger partial charge on any atom is 0.247 e. The Morgan fingerprint density at radius 1 is 0.917 bits per heavy atom. The number of rotatable bonds is 0. The van der Waals surface area contributed by atoms with Crippen LogP contribution in [-0.2, 0) is 9.59 Å². The number of nitrogens with zero attached hydrogens (tertiary/aromatic N) is 2. The lowest BCUT2D eigenvalue weighted by atomic mass is 10.2. The molecular weight excluding hydrogens is 154 g/mol. The van der Waals surface area contributed by atoms with Crippen LogP contribution in [0.4, 0.5) is 0 Å². The van der Waals surface area contributed by atoms with E-state index in [1.165, 1.54) is 9.62 Å². The molecule has 0 fully saturated rings. The summed E-state index contributed by atoms with van der Waals surface area (Å²) >= 11 is 0. The van der Waals surface area contributed by atoms with Gasteiger partial charge in [0.2, 0.25) is 27.8 Å². The first-order valence-corrected chi connectivity index (χ1v) is 3.59. The topological polar surface area (TPSA) is 40.6 Å². The molecule has 2 rings (SSSR count). The SMILES string of the molecule is BN1C=C2C(=O)N(B)C=C2C1=O. The molecule has 0 radical (unpaired) electrons. The van der Waals surface area contributed by atoms with E-state index in [9.17, 15) is 9.59 Å². The van der Waals surface area contributed by atoms with Crippen molar-refractivity contribution >= 4 is 27.8 Å². The van der Waals surface area contributed by atoms with Crippen LogP contribution in [0.15, 0.2) is 23.5 Å². The molecule has 0 aliphatic carbocycles. The first-order valence-electron chi connectivity index (χ1n) is 3.59. The van der Waals surface area contributed by atoms with E-state index in [0.717, 1.165) is 0 Å². The van der Waals surface area contributed by atoms with Crippen molar-refractivity contribution in [3.8, 4) is 0 Å². The molecule has 2 amide bonds. The van der Waals surface area contributed by atoms with Crippen molar-refractivity contribution in [2.24, 2.45) is 0 Å². The molecule has 0 saturated carbocycles. The van der Waals surface area contributed by atoms with Gasteiger partial charge in [0.25, 0.3) is 0 Å². The second-order valence-electron chi connectivity index (χ2n) is 2.92. The molecule has 0 bridgehead atoms. The zero-order valence-electron chi connectivity index (χ0n) is 6.87. The van der Waals surface area contributed by atoms with Gasteiger partial charge in [0.15, 0.2) is 0 Å². The minimum Gasteiger partial charge on any atom is -0.366 e. The van der Waals surface area contributed by atoms with Gasteiger partial charge in [-0.05, 0) is 0 Å². The fourth-order valence-electron chi connectivity index (χ4n) is 1.36. The van der Waals surface area contributed by atoms with Crippen molar-refractivity contribution in [1.29, 1.82) is 0 Å². The maximum atomic E-state index is 11.3. The van der Waals surface area contributed by atoms with Gasteiger partial charge in [0, 0.05) is 12.4 Å². The summed E-state index contributed by atoms with van der Waals surface area (Å²) in [5.74, 6) is -0.217. The molecule has 0 saturated heterocycles. The van der Waals surface area contributed by atoms with Crippen LogP contribution in [0.5, 0.6) is 0 Å². The van der Waals surface area contributed by atoms with Crippen LogP contribution in [0.25, 0.3) is 0 Å². The average Bonchev–Trinajstić information content (AvgIpc) is 2.43. The molecule has 0 aromatic carbocycles. The van der Waals surface area contributed by atoms with Crippen LogP contribution in [0.1, 0.15) is 0 Å². The van der Waals surface area contributed by atoms with Crippen LogP contribution in [0.2, 0.25) is 0 Å². The summed E-state index contributed by atoms with van der Waals surface area (Å²) in [6.45, 7) is 0. The molecule has 12 heavy (non-hydrogen) atoms. The van der Waals surface area contributed by atoms with Crippen LogP contribution in [0.3, 0.4) is 0 Å². The van der Waals surface area contributed by atoms with Crippen molar-refractivity contribution in [2.45, 2.75) is 0 Å². The Labute approximate surface area is 71.4 Å². The fourth-order valence-corrected chi connectivity index (χ4v) is 1.36. The predicted molar refractivity (Wildman–Crippen MR) is 46.9 cm³/mol. The summed E-state index contributed by atoms with van der Waals surface area (Å²) in [7, 11) is 3.28. The Bertz CT molecular complexity index is 313. The van der Waals surface area contributed by atoms with E-state index in [0.29, 0.717) is 11.1 Å². The smallest absolute Gasteiger partial charge is 0.247 e. The molecule has 0 aromatic rings. The van der Waals surface area contributed by atoms with E-state index < -0.39 is 0 Å². The van der Waals surface area contributed by atoms with Crippen molar-refractivity contribution in [3.05, 3.63) is 23.5 Å². The van der Waals surface area contributed by atoms with Gasteiger partial charge in [-0.15, -0.1) is 0 Å². The van der Waals surface area contributed by atoms with Crippen LogP contribution >= 0.6 is 0 Å². The highest BCUT2D eigenvalue weighted by atomic mass is 16.2. The monoisotopic (exact) mass is 160 g/mol. The molecule has 0 spiro atoms. The van der Waals surface area contributed by atoms with Crippen LogP contribution in [0, 0.1) is 0 Å². The molecule has 4 nitrogen and oxygen atoms in total. The van der Waals surface area contributed by atoms with Gasteiger partial charge in [-0.2, -0.15) is 0 Å². The molecule has 2 aliphatic heterocycles. The third-order valence-corrected chi connectivity index (χ3v) is 2.04. The van der Waals surface area contributed by atoms with Crippen LogP contribution in [-0.4, -0.2) is 37.4 Å². The van der Waals surface area contributed by atoms with Crippen molar-refractivity contribution < 1.29 is 9.59 Å². The second-order valence-corrected chi connectivity index (χ2v) is 2.92. The van der Waals surface area contributed by atoms with Gasteiger partial charge >= 0.3 is 0 Å². The molecule has 0 N–H and O–H groups in total. The van der Waals surface area contributed by atoms with E-state index in [1.807, 2.05) is 0 Å². The zero-order valence-corrected chi connectivity index (χ0v) is 6.87. The lowest BCUT2D eigenvalue weighted by Crippen LogP contribution is -2.20. The Kier molecular flexibility index (Phi) is 1.22. The van der Waals surface area contributed by atoms with Crippen molar-refractivity contribution in [1.82, 2.24) is 9.62 Å². The quantitative estimate of drug-likeness (QED) is 0.368. The number of fused-ring (bicyclic) bond motifs is 1. The molecular formula is C6H6B2N2O2. The fraction of sp³-hybridized carbons (Fsp3) is 0. The normalized spacial score (nSPS) is 21.3. The third kappa shape index (κ3) is 0.691. The Hall–Kier alpha value is -1.45. The zero-order chi connectivity index (χ0) is 8.88. The standard InChI is InChI=1S/C6H6B2N2O2/c7-9-1-3-4(6(9)12)2-10(8)5(3)11/h1-2H,7-8H2. The lowest BCUT2D eigenvalue weighted by Gasteiger charge is -2.06. The molecule has 0 unspecified atom stereocenters. The van der Waals surface area contributed by atoms with Gasteiger partial charge in [-0.3, -0.25) is 9.59 Å². The largest absolute Gasteiger partial charge is 0.366 e. The van der Waals surface area contributed by atoms with Crippen molar-refractivity contribution in [2.75, 3.05) is 0 Å². The highest BCUT2D eigenvalue weighted by Gasteiger charge is 2.35.